The first kappa shape index (κ1) is 10.0. The molecule has 0 amide bonds. The van der Waals surface area contributed by atoms with Gasteiger partial charge in [0, 0.05) is 5.56 Å². The number of imidazole rings is 1. The molecule has 0 aliphatic heterocycles. The van der Waals surface area contributed by atoms with Gasteiger partial charge in [0.15, 0.2) is 0 Å². The van der Waals surface area contributed by atoms with Crippen LogP contribution in [0.4, 0.5) is 0 Å². The Morgan fingerprint density at radius 1 is 1.27 bits per heavy atom. The molecule has 0 unspecified atom stereocenters. The first-order valence-electron chi connectivity index (χ1n) is 5.01. The normalized spacial score (nSPS) is 11.1. The molecule has 0 aliphatic rings. The molecule has 76 valence electrons. The van der Waals surface area contributed by atoms with Gasteiger partial charge in [0.2, 0.25) is 0 Å². The number of fused-ring (bicyclic) bond motifs is 1. The molecule has 0 atom stereocenters. The fourth-order valence-electron chi connectivity index (χ4n) is 1.27. The monoisotopic (exact) mass is 214 g/mol. The number of hydrogen-bond donors (Lipinski definition) is 1. The number of aromatic nitrogens is 2. The number of hydrogen-bond acceptors (Lipinski definition) is 1. The lowest BCUT2D eigenvalue weighted by Gasteiger charge is -2.03. The van der Waals surface area contributed by atoms with E-state index in [0.717, 1.165) is 16.6 Å². The van der Waals surface area contributed by atoms with Gasteiger partial charge in [-0.25, -0.2) is 4.98 Å². The molecule has 0 aliphatic carbocycles. The summed E-state index contributed by atoms with van der Waals surface area (Å²) in [6.07, 6.45) is 1.71. The van der Waals surface area contributed by atoms with Gasteiger partial charge in [0.05, 0.1) is 17.4 Å². The zero-order valence-electron chi connectivity index (χ0n) is 9.26. The van der Waals surface area contributed by atoms with E-state index in [1.807, 2.05) is 12.1 Å². The predicted molar refractivity (Wildman–Crippen MR) is 66.3 cm³/mol. The van der Waals surface area contributed by atoms with Gasteiger partial charge in [-0.15, -0.1) is 5.54 Å². The Bertz CT molecular complexity index is 538. The van der Waals surface area contributed by atoms with Gasteiger partial charge in [-0.1, -0.05) is 25.6 Å². The van der Waals surface area contributed by atoms with Crippen LogP contribution in [0.15, 0.2) is 24.5 Å². The van der Waals surface area contributed by atoms with Gasteiger partial charge in [-0.3, -0.25) is 0 Å². The van der Waals surface area contributed by atoms with Gasteiger partial charge in [-0.05, 0) is 18.2 Å². The summed E-state index contributed by atoms with van der Waals surface area (Å²) in [6.45, 7) is 6.73. The third-order valence-corrected chi connectivity index (χ3v) is 2.88. The summed E-state index contributed by atoms with van der Waals surface area (Å²) in [6, 6.07) is 6.08. The van der Waals surface area contributed by atoms with E-state index in [9.17, 15) is 0 Å². The predicted octanol–water partition coefficient (Wildman–Crippen LogP) is 2.79. The highest BCUT2D eigenvalue weighted by molar-refractivity contribution is 6.83. The third-order valence-electron chi connectivity index (χ3n) is 2.00. The van der Waals surface area contributed by atoms with Gasteiger partial charge in [0.25, 0.3) is 0 Å². The molecule has 0 fully saturated rings. The summed E-state index contributed by atoms with van der Waals surface area (Å²) in [7, 11) is -1.28. The molecular formula is C12H14N2Si. The van der Waals surface area contributed by atoms with Crippen molar-refractivity contribution in [3.8, 4) is 11.5 Å². The number of nitrogens with one attached hydrogen (secondary N) is 1. The van der Waals surface area contributed by atoms with Crippen LogP contribution < -0.4 is 0 Å². The maximum atomic E-state index is 4.17. The molecule has 2 nitrogen and oxygen atoms in total. The van der Waals surface area contributed by atoms with E-state index in [4.69, 9.17) is 0 Å². The number of aromatic amines is 1. The quantitative estimate of drug-likeness (QED) is 0.530. The highest BCUT2D eigenvalue weighted by Crippen LogP contribution is 2.10. The Labute approximate surface area is 90.7 Å². The molecule has 1 heterocycles. The highest BCUT2D eigenvalue weighted by Gasteiger charge is 2.07. The van der Waals surface area contributed by atoms with Crippen LogP contribution in [0.5, 0.6) is 0 Å². The lowest BCUT2D eigenvalue weighted by atomic mass is 10.2. The van der Waals surface area contributed by atoms with Crippen molar-refractivity contribution in [2.45, 2.75) is 19.6 Å². The third kappa shape index (κ3) is 2.48. The minimum absolute atomic E-state index is 0.994. The van der Waals surface area contributed by atoms with Crippen molar-refractivity contribution < 1.29 is 0 Å². The average molecular weight is 214 g/mol. The van der Waals surface area contributed by atoms with Crippen LogP contribution in [0.1, 0.15) is 5.56 Å². The Hall–Kier alpha value is -1.53. The molecule has 3 heteroatoms. The molecule has 0 saturated heterocycles. The number of nitrogens with zero attached hydrogens (tertiary/aromatic N) is 1. The van der Waals surface area contributed by atoms with Crippen molar-refractivity contribution in [1.29, 1.82) is 0 Å². The lowest BCUT2D eigenvalue weighted by molar-refractivity contribution is 1.34. The van der Waals surface area contributed by atoms with Gasteiger partial charge in [0.1, 0.15) is 8.07 Å². The molecule has 2 aromatic rings. The molecule has 15 heavy (non-hydrogen) atoms. The smallest absolute Gasteiger partial charge is 0.129 e. The second-order valence-electron chi connectivity index (χ2n) is 4.63. The topological polar surface area (TPSA) is 28.7 Å². The van der Waals surface area contributed by atoms with Crippen molar-refractivity contribution in [3.05, 3.63) is 30.1 Å². The van der Waals surface area contributed by atoms with Crippen molar-refractivity contribution in [2.75, 3.05) is 0 Å². The molecular weight excluding hydrogens is 200 g/mol. The SMILES string of the molecule is C[Si](C)(C)C#Cc1ccc2nc[nH]c2c1. The van der Waals surface area contributed by atoms with Crippen LogP contribution in [0.3, 0.4) is 0 Å². The zero-order chi connectivity index (χ0) is 10.9. The molecule has 0 spiro atoms. The maximum absolute atomic E-state index is 4.17. The number of rotatable bonds is 0. The van der Waals surface area contributed by atoms with E-state index in [1.165, 1.54) is 0 Å². The molecule has 0 bridgehead atoms. The highest BCUT2D eigenvalue weighted by atomic mass is 28.3. The van der Waals surface area contributed by atoms with Gasteiger partial charge in [-0.2, -0.15) is 0 Å². The molecule has 0 radical (unpaired) electrons. The summed E-state index contributed by atoms with van der Waals surface area (Å²) < 4.78 is 0. The Morgan fingerprint density at radius 2 is 2.07 bits per heavy atom. The largest absolute Gasteiger partial charge is 0.345 e. The standard InChI is InChI=1S/C12H14N2Si/c1-15(2,3)7-6-10-4-5-11-12(8-10)14-9-13-11/h4-5,8-9H,1-3H3,(H,13,14). The van der Waals surface area contributed by atoms with Crippen LogP contribution in [0.25, 0.3) is 11.0 Å². The Balaban J connectivity index is 2.39. The summed E-state index contributed by atoms with van der Waals surface area (Å²) in [5.74, 6) is 3.23. The zero-order valence-corrected chi connectivity index (χ0v) is 10.3. The number of benzene rings is 1. The van der Waals surface area contributed by atoms with Crippen LogP contribution in [-0.2, 0) is 0 Å². The van der Waals surface area contributed by atoms with E-state index in [0.29, 0.717) is 0 Å². The fraction of sp³-hybridized carbons (Fsp3) is 0.250. The molecule has 1 aromatic carbocycles. The van der Waals surface area contributed by atoms with Gasteiger partial charge >= 0.3 is 0 Å². The summed E-state index contributed by atoms with van der Waals surface area (Å²) >= 11 is 0. The number of H-pyrrole nitrogens is 1. The lowest BCUT2D eigenvalue weighted by Crippen LogP contribution is -2.16. The summed E-state index contributed by atoms with van der Waals surface area (Å²) in [5.41, 5.74) is 6.46. The summed E-state index contributed by atoms with van der Waals surface area (Å²) in [5, 5.41) is 0. The van der Waals surface area contributed by atoms with Crippen molar-refractivity contribution in [2.24, 2.45) is 0 Å². The average Bonchev–Trinajstić information content (AvgIpc) is 2.60. The van der Waals surface area contributed by atoms with Crippen LogP contribution >= 0.6 is 0 Å². The van der Waals surface area contributed by atoms with E-state index < -0.39 is 8.07 Å². The molecule has 2 rings (SSSR count). The second-order valence-corrected chi connectivity index (χ2v) is 9.38. The van der Waals surface area contributed by atoms with Crippen molar-refractivity contribution >= 4 is 19.1 Å². The van der Waals surface area contributed by atoms with E-state index in [2.05, 4.69) is 47.1 Å². The maximum Gasteiger partial charge on any atom is 0.129 e. The first-order chi connectivity index (χ1) is 7.04. The first-order valence-corrected chi connectivity index (χ1v) is 8.51. The van der Waals surface area contributed by atoms with Crippen LogP contribution in [-0.4, -0.2) is 18.0 Å². The summed E-state index contributed by atoms with van der Waals surface area (Å²) in [4.78, 5) is 7.26. The van der Waals surface area contributed by atoms with Crippen molar-refractivity contribution in [1.82, 2.24) is 9.97 Å². The van der Waals surface area contributed by atoms with E-state index in [1.54, 1.807) is 6.33 Å². The molecule has 1 N–H and O–H groups in total. The van der Waals surface area contributed by atoms with E-state index >= 15 is 0 Å². The minimum Gasteiger partial charge on any atom is -0.345 e. The van der Waals surface area contributed by atoms with Crippen LogP contribution in [0.2, 0.25) is 19.6 Å². The Morgan fingerprint density at radius 3 is 2.80 bits per heavy atom. The molecule has 1 aromatic heterocycles. The molecule has 0 saturated carbocycles. The van der Waals surface area contributed by atoms with E-state index in [-0.39, 0.29) is 0 Å². The van der Waals surface area contributed by atoms with Crippen LogP contribution in [0, 0.1) is 11.5 Å². The van der Waals surface area contributed by atoms with Gasteiger partial charge < -0.3 is 4.98 Å². The Kier molecular flexibility index (Phi) is 2.37. The minimum atomic E-state index is -1.28. The van der Waals surface area contributed by atoms with Crippen molar-refractivity contribution in [3.63, 3.8) is 0 Å². The second kappa shape index (κ2) is 3.56. The fourth-order valence-corrected chi connectivity index (χ4v) is 1.79.